The summed E-state index contributed by atoms with van der Waals surface area (Å²) in [6, 6.07) is 8.97. The van der Waals surface area contributed by atoms with E-state index in [0.29, 0.717) is 5.56 Å². The van der Waals surface area contributed by atoms with Gasteiger partial charge in [0.25, 0.3) is 10.0 Å². The molecule has 9 nitrogen and oxygen atoms in total. The number of methoxy groups -OCH3 is 1. The van der Waals surface area contributed by atoms with E-state index in [0.717, 1.165) is 0 Å². The smallest absolute Gasteiger partial charge is 0.307 e. The number of carboxylic acid groups (broad SMARTS) is 1. The van der Waals surface area contributed by atoms with Gasteiger partial charge in [-0.3, -0.25) is 9.52 Å². The third kappa shape index (κ3) is 5.92. The average molecular weight is 443 g/mol. The Morgan fingerprint density at radius 2 is 1.66 bits per heavy atom. The maximum atomic E-state index is 12.8. The Hall–Kier alpha value is -2.63. The van der Waals surface area contributed by atoms with Gasteiger partial charge in [-0.05, 0) is 55.8 Å². The molecule has 0 radical (unpaired) electrons. The lowest BCUT2D eigenvalue weighted by atomic mass is 10.1. The van der Waals surface area contributed by atoms with Crippen LogP contribution < -0.4 is 14.2 Å². The van der Waals surface area contributed by atoms with Gasteiger partial charge in [0, 0.05) is 11.7 Å². The highest BCUT2D eigenvalue weighted by Crippen LogP contribution is 2.27. The van der Waals surface area contributed by atoms with Crippen LogP contribution in [0.25, 0.3) is 0 Å². The molecule has 29 heavy (non-hydrogen) atoms. The van der Waals surface area contributed by atoms with Crippen LogP contribution >= 0.6 is 0 Å². The van der Waals surface area contributed by atoms with Crippen molar-refractivity contribution in [2.24, 2.45) is 0 Å². The minimum atomic E-state index is -4.11. The summed E-state index contributed by atoms with van der Waals surface area (Å²) in [5.41, 5.74) is 0.430. The lowest BCUT2D eigenvalue weighted by Crippen LogP contribution is -2.30. The summed E-state index contributed by atoms with van der Waals surface area (Å²) < 4.78 is 59.7. The number of nitrogens with one attached hydrogen (secondary N) is 2. The Kier molecular flexibility index (Phi) is 6.88. The molecule has 0 aliphatic carbocycles. The second-order valence-electron chi connectivity index (χ2n) is 6.46. The predicted octanol–water partition coefficient (Wildman–Crippen LogP) is 1.81. The third-order valence-electron chi connectivity index (χ3n) is 3.68. The maximum absolute atomic E-state index is 12.8. The van der Waals surface area contributed by atoms with E-state index in [-0.39, 0.29) is 33.7 Å². The fourth-order valence-electron chi connectivity index (χ4n) is 2.51. The van der Waals surface area contributed by atoms with Crippen LogP contribution in [0, 0.1) is 0 Å². The molecule has 2 aromatic carbocycles. The fraction of sp³-hybridized carbons (Fsp3) is 0.278. The van der Waals surface area contributed by atoms with Crippen molar-refractivity contribution in [1.82, 2.24) is 4.72 Å². The zero-order chi connectivity index (χ0) is 21.8. The molecule has 0 aliphatic heterocycles. The summed E-state index contributed by atoms with van der Waals surface area (Å²) in [6.45, 7) is 3.37. The molecule has 2 aromatic rings. The van der Waals surface area contributed by atoms with Gasteiger partial charge in [-0.1, -0.05) is 6.07 Å². The summed E-state index contributed by atoms with van der Waals surface area (Å²) in [6.07, 6.45) is -0.345. The molecular weight excluding hydrogens is 420 g/mol. The number of carbonyl (C=O) groups is 1. The van der Waals surface area contributed by atoms with Crippen molar-refractivity contribution in [3.8, 4) is 5.75 Å². The number of aliphatic carboxylic acids is 1. The number of carboxylic acids is 1. The van der Waals surface area contributed by atoms with Gasteiger partial charge < -0.3 is 9.84 Å². The summed E-state index contributed by atoms with van der Waals surface area (Å²) in [4.78, 5) is 10.7. The van der Waals surface area contributed by atoms with Gasteiger partial charge in [0.05, 0.1) is 18.4 Å². The van der Waals surface area contributed by atoms with Gasteiger partial charge in [-0.25, -0.2) is 21.6 Å². The molecule has 0 spiro atoms. The van der Waals surface area contributed by atoms with Crippen molar-refractivity contribution in [3.63, 3.8) is 0 Å². The maximum Gasteiger partial charge on any atom is 0.307 e. The van der Waals surface area contributed by atoms with Gasteiger partial charge in [0.2, 0.25) is 10.0 Å². The summed E-state index contributed by atoms with van der Waals surface area (Å²) in [7, 11) is -6.52. The average Bonchev–Trinajstić information content (AvgIpc) is 2.60. The number of hydrogen-bond donors (Lipinski definition) is 3. The number of hydrogen-bond acceptors (Lipinski definition) is 6. The van der Waals surface area contributed by atoms with E-state index in [4.69, 9.17) is 9.84 Å². The van der Waals surface area contributed by atoms with Gasteiger partial charge in [-0.2, -0.15) is 0 Å². The summed E-state index contributed by atoms with van der Waals surface area (Å²) in [5, 5.41) is 8.92. The minimum absolute atomic E-state index is 0.00446. The zero-order valence-electron chi connectivity index (χ0n) is 16.0. The molecule has 0 saturated carbocycles. The first kappa shape index (κ1) is 22.7. The van der Waals surface area contributed by atoms with Crippen molar-refractivity contribution >= 4 is 31.7 Å². The Labute approximate surface area is 169 Å². The van der Waals surface area contributed by atoms with Crippen molar-refractivity contribution in [1.29, 1.82) is 0 Å². The molecule has 158 valence electrons. The van der Waals surface area contributed by atoms with Crippen LogP contribution in [0.4, 0.5) is 5.69 Å². The van der Waals surface area contributed by atoms with E-state index in [2.05, 4.69) is 9.44 Å². The third-order valence-corrected chi connectivity index (χ3v) is 6.76. The summed E-state index contributed by atoms with van der Waals surface area (Å²) >= 11 is 0. The first-order valence-corrected chi connectivity index (χ1v) is 11.4. The quantitative estimate of drug-likeness (QED) is 0.538. The lowest BCUT2D eigenvalue weighted by molar-refractivity contribution is -0.136. The molecule has 0 atom stereocenters. The topological polar surface area (TPSA) is 139 Å². The second kappa shape index (κ2) is 8.80. The first-order valence-electron chi connectivity index (χ1n) is 8.48. The van der Waals surface area contributed by atoms with E-state index < -0.39 is 26.0 Å². The Bertz CT molecular complexity index is 1090. The van der Waals surface area contributed by atoms with E-state index in [1.165, 1.54) is 49.6 Å². The van der Waals surface area contributed by atoms with Crippen LogP contribution in [-0.2, 0) is 31.3 Å². The van der Waals surface area contributed by atoms with Crippen LogP contribution in [0.1, 0.15) is 19.4 Å². The van der Waals surface area contributed by atoms with Gasteiger partial charge in [-0.15, -0.1) is 0 Å². The number of rotatable bonds is 9. The molecule has 0 heterocycles. The van der Waals surface area contributed by atoms with Crippen LogP contribution in [0.5, 0.6) is 5.75 Å². The SMILES string of the molecule is COc1ccc(CC(=O)O)cc1S(=O)(=O)Nc1ccc(S(=O)(=O)NC(C)C)cc1. The largest absolute Gasteiger partial charge is 0.495 e. The molecule has 0 saturated heterocycles. The molecule has 0 amide bonds. The zero-order valence-corrected chi connectivity index (χ0v) is 17.7. The number of sulfonamides is 2. The van der Waals surface area contributed by atoms with Crippen LogP contribution in [0.15, 0.2) is 52.3 Å². The standard InChI is InChI=1S/C18H22N2O7S2/c1-12(2)19-28(23,24)15-7-5-14(6-8-15)20-29(25,26)17-10-13(11-18(21)22)4-9-16(17)27-3/h4-10,12,19-20H,11H2,1-3H3,(H,21,22). The van der Waals surface area contributed by atoms with E-state index in [9.17, 15) is 21.6 Å². The summed E-state index contributed by atoms with van der Waals surface area (Å²) in [5.74, 6) is -1.05. The highest BCUT2D eigenvalue weighted by Gasteiger charge is 2.22. The van der Waals surface area contributed by atoms with E-state index in [1.807, 2.05) is 0 Å². The fourth-order valence-corrected chi connectivity index (χ4v) is 5.04. The second-order valence-corrected chi connectivity index (χ2v) is 9.83. The van der Waals surface area contributed by atoms with Crippen LogP contribution in [0.2, 0.25) is 0 Å². The minimum Gasteiger partial charge on any atom is -0.495 e. The van der Waals surface area contributed by atoms with Crippen molar-refractivity contribution in [2.75, 3.05) is 11.8 Å². The number of benzene rings is 2. The first-order chi connectivity index (χ1) is 13.4. The van der Waals surface area contributed by atoms with E-state index in [1.54, 1.807) is 13.8 Å². The molecule has 0 aromatic heterocycles. The Morgan fingerprint density at radius 3 is 2.17 bits per heavy atom. The lowest BCUT2D eigenvalue weighted by Gasteiger charge is -2.14. The van der Waals surface area contributed by atoms with Crippen molar-refractivity contribution < 1.29 is 31.5 Å². The van der Waals surface area contributed by atoms with Gasteiger partial charge in [0.15, 0.2) is 0 Å². The predicted molar refractivity (Wildman–Crippen MR) is 107 cm³/mol. The Balaban J connectivity index is 2.33. The van der Waals surface area contributed by atoms with E-state index >= 15 is 0 Å². The molecule has 11 heteroatoms. The monoisotopic (exact) mass is 442 g/mol. The molecule has 0 aliphatic rings. The normalized spacial score (nSPS) is 12.0. The molecular formula is C18H22N2O7S2. The molecule has 0 unspecified atom stereocenters. The number of ether oxygens (including phenoxy) is 1. The molecule has 0 fully saturated rings. The molecule has 3 N–H and O–H groups in total. The Morgan fingerprint density at radius 1 is 1.03 bits per heavy atom. The van der Waals surface area contributed by atoms with Crippen molar-refractivity contribution in [3.05, 3.63) is 48.0 Å². The van der Waals surface area contributed by atoms with Crippen LogP contribution in [0.3, 0.4) is 0 Å². The van der Waals surface area contributed by atoms with Crippen LogP contribution in [-0.4, -0.2) is 41.1 Å². The van der Waals surface area contributed by atoms with Crippen molar-refractivity contribution in [2.45, 2.75) is 36.1 Å². The van der Waals surface area contributed by atoms with Gasteiger partial charge >= 0.3 is 5.97 Å². The molecule has 2 rings (SSSR count). The highest BCUT2D eigenvalue weighted by atomic mass is 32.2. The highest BCUT2D eigenvalue weighted by molar-refractivity contribution is 7.92. The van der Waals surface area contributed by atoms with Gasteiger partial charge in [0.1, 0.15) is 10.6 Å². The molecule has 0 bridgehead atoms. The number of anilines is 1.